The SMILES string of the molecule is CN(C)C(=O)[C@H]1CCc2c(sc3ncnc(Nc4cc(C=N)c(N)cc4OCCN4CCCC4)c23)C1. The third-order valence-electron chi connectivity index (χ3n) is 7.09. The fourth-order valence-corrected chi connectivity index (χ4v) is 6.42. The number of nitrogen functional groups attached to an aromatic ring is 1. The number of fused-ring (bicyclic) bond motifs is 3. The summed E-state index contributed by atoms with van der Waals surface area (Å²) in [6.45, 7) is 3.67. The maximum Gasteiger partial charge on any atom is 0.225 e. The van der Waals surface area contributed by atoms with E-state index in [-0.39, 0.29) is 11.8 Å². The summed E-state index contributed by atoms with van der Waals surface area (Å²) in [5, 5.41) is 12.2. The molecule has 4 N–H and O–H groups in total. The van der Waals surface area contributed by atoms with E-state index in [1.54, 1.807) is 28.6 Å². The van der Waals surface area contributed by atoms with E-state index >= 15 is 0 Å². The minimum Gasteiger partial charge on any atom is -0.490 e. The van der Waals surface area contributed by atoms with Gasteiger partial charge >= 0.3 is 0 Å². The van der Waals surface area contributed by atoms with Crippen molar-refractivity contribution in [2.45, 2.75) is 32.1 Å². The lowest BCUT2D eigenvalue weighted by atomic mass is 9.87. The van der Waals surface area contributed by atoms with Gasteiger partial charge in [-0.25, -0.2) is 9.97 Å². The third-order valence-corrected chi connectivity index (χ3v) is 8.26. The molecule has 1 atom stereocenters. The van der Waals surface area contributed by atoms with Gasteiger partial charge in [0, 0.05) is 55.0 Å². The lowest BCUT2D eigenvalue weighted by Crippen LogP contribution is -2.32. The van der Waals surface area contributed by atoms with Crippen molar-refractivity contribution in [2.24, 2.45) is 5.92 Å². The van der Waals surface area contributed by atoms with E-state index in [2.05, 4.69) is 20.2 Å². The van der Waals surface area contributed by atoms with Crippen LogP contribution < -0.4 is 15.8 Å². The average Bonchev–Trinajstić information content (AvgIpc) is 3.52. The Morgan fingerprint density at radius 2 is 2.14 bits per heavy atom. The number of nitrogens with zero attached hydrogens (tertiary/aromatic N) is 4. The van der Waals surface area contributed by atoms with E-state index in [0.29, 0.717) is 29.4 Å². The quantitative estimate of drug-likeness (QED) is 0.314. The molecule has 0 spiro atoms. The van der Waals surface area contributed by atoms with E-state index in [9.17, 15) is 4.79 Å². The summed E-state index contributed by atoms with van der Waals surface area (Å²) in [4.78, 5) is 27.9. The van der Waals surface area contributed by atoms with Crippen LogP contribution in [0.1, 0.15) is 35.3 Å². The Bertz CT molecular complexity index is 1280. The molecule has 10 heteroatoms. The molecule has 1 fully saturated rings. The summed E-state index contributed by atoms with van der Waals surface area (Å²) in [5.41, 5.74) is 9.25. The number of likely N-dealkylation sites (tertiary alicyclic amines) is 1. The molecule has 0 saturated carbocycles. The number of ether oxygens (including phenoxy) is 1. The molecule has 1 saturated heterocycles. The Balaban J connectivity index is 1.44. The second kappa shape index (κ2) is 10.4. The first kappa shape index (κ1) is 24.5. The summed E-state index contributed by atoms with van der Waals surface area (Å²) >= 11 is 1.64. The molecule has 2 aromatic heterocycles. The van der Waals surface area contributed by atoms with Crippen molar-refractivity contribution in [3.63, 3.8) is 0 Å². The number of hydrogen-bond donors (Lipinski definition) is 3. The van der Waals surface area contributed by atoms with Crippen LogP contribution in [0.4, 0.5) is 17.2 Å². The van der Waals surface area contributed by atoms with E-state index in [1.807, 2.05) is 20.2 Å². The molecular weight excluding hydrogens is 474 g/mol. The number of hydrogen-bond acceptors (Lipinski definition) is 9. The summed E-state index contributed by atoms with van der Waals surface area (Å²) in [6, 6.07) is 3.62. The van der Waals surface area contributed by atoms with Crippen LogP contribution in [-0.4, -0.2) is 72.2 Å². The topological polar surface area (TPSA) is 120 Å². The van der Waals surface area contributed by atoms with Crippen LogP contribution in [0.25, 0.3) is 10.2 Å². The van der Waals surface area contributed by atoms with Gasteiger partial charge in [-0.1, -0.05) is 0 Å². The first-order valence-electron chi connectivity index (χ1n) is 12.5. The van der Waals surface area contributed by atoms with Crippen molar-refractivity contribution in [2.75, 3.05) is 51.4 Å². The number of amides is 1. The molecule has 3 heterocycles. The van der Waals surface area contributed by atoms with Gasteiger partial charge in [0.25, 0.3) is 0 Å². The zero-order chi connectivity index (χ0) is 25.2. The molecule has 1 aliphatic heterocycles. The molecule has 5 rings (SSSR count). The molecule has 36 heavy (non-hydrogen) atoms. The van der Waals surface area contributed by atoms with Gasteiger partial charge in [0.2, 0.25) is 5.91 Å². The number of benzene rings is 1. The fraction of sp³-hybridized carbons (Fsp3) is 0.462. The van der Waals surface area contributed by atoms with Crippen LogP contribution in [0.15, 0.2) is 18.5 Å². The predicted octanol–water partition coefficient (Wildman–Crippen LogP) is 3.68. The Morgan fingerprint density at radius 3 is 2.89 bits per heavy atom. The van der Waals surface area contributed by atoms with Gasteiger partial charge in [-0.15, -0.1) is 11.3 Å². The molecule has 0 bridgehead atoms. The second-order valence-electron chi connectivity index (χ2n) is 9.72. The molecule has 2 aliphatic rings. The number of anilines is 3. The Labute approximate surface area is 215 Å². The highest BCUT2D eigenvalue weighted by molar-refractivity contribution is 7.19. The minimum atomic E-state index is 0.00721. The van der Waals surface area contributed by atoms with Gasteiger partial charge in [0.1, 0.15) is 29.3 Å². The van der Waals surface area contributed by atoms with Crippen LogP contribution in [0.2, 0.25) is 0 Å². The molecule has 190 valence electrons. The van der Waals surface area contributed by atoms with Gasteiger partial charge in [-0.05, 0) is 56.8 Å². The number of carbonyl (C=O) groups excluding carboxylic acids is 1. The van der Waals surface area contributed by atoms with Gasteiger partial charge < -0.3 is 26.1 Å². The van der Waals surface area contributed by atoms with E-state index in [1.165, 1.54) is 29.5 Å². The van der Waals surface area contributed by atoms with E-state index < -0.39 is 0 Å². The Hall–Kier alpha value is -3.24. The number of carbonyl (C=O) groups is 1. The van der Waals surface area contributed by atoms with Crippen LogP contribution in [-0.2, 0) is 17.6 Å². The predicted molar refractivity (Wildman–Crippen MR) is 145 cm³/mol. The van der Waals surface area contributed by atoms with E-state index in [0.717, 1.165) is 54.8 Å². The highest BCUT2D eigenvalue weighted by Crippen LogP contribution is 2.42. The smallest absolute Gasteiger partial charge is 0.225 e. The van der Waals surface area contributed by atoms with Crippen molar-refractivity contribution in [3.8, 4) is 5.75 Å². The molecule has 9 nitrogen and oxygen atoms in total. The van der Waals surface area contributed by atoms with E-state index in [4.69, 9.17) is 15.9 Å². The highest BCUT2D eigenvalue weighted by atomic mass is 32.1. The van der Waals surface area contributed by atoms with Gasteiger partial charge in [0.15, 0.2) is 0 Å². The lowest BCUT2D eigenvalue weighted by molar-refractivity contribution is -0.133. The van der Waals surface area contributed by atoms with Crippen LogP contribution in [0, 0.1) is 11.3 Å². The number of thiophene rings is 1. The number of nitrogens with one attached hydrogen (secondary N) is 2. The maximum atomic E-state index is 12.6. The zero-order valence-corrected chi connectivity index (χ0v) is 21.7. The van der Waals surface area contributed by atoms with Gasteiger partial charge in [0.05, 0.1) is 11.1 Å². The number of nitrogens with two attached hydrogens (primary N) is 1. The zero-order valence-electron chi connectivity index (χ0n) is 20.8. The summed E-state index contributed by atoms with van der Waals surface area (Å²) in [7, 11) is 3.63. The second-order valence-corrected chi connectivity index (χ2v) is 10.8. The molecule has 3 aromatic rings. The molecular formula is C26H33N7O2S. The van der Waals surface area contributed by atoms with Crippen molar-refractivity contribution in [3.05, 3.63) is 34.5 Å². The number of aromatic nitrogens is 2. The number of aryl methyl sites for hydroxylation is 1. The first-order valence-corrected chi connectivity index (χ1v) is 13.3. The third kappa shape index (κ3) is 4.87. The molecule has 1 aromatic carbocycles. The van der Waals surface area contributed by atoms with Crippen LogP contribution in [0.5, 0.6) is 5.75 Å². The largest absolute Gasteiger partial charge is 0.490 e. The fourth-order valence-electron chi connectivity index (χ4n) is 5.15. The summed E-state index contributed by atoms with van der Waals surface area (Å²) < 4.78 is 6.18. The minimum absolute atomic E-state index is 0.00721. The Morgan fingerprint density at radius 1 is 1.33 bits per heavy atom. The normalized spacial score (nSPS) is 17.7. The lowest BCUT2D eigenvalue weighted by Gasteiger charge is -2.24. The van der Waals surface area contributed by atoms with Gasteiger partial charge in [-0.3, -0.25) is 9.69 Å². The van der Waals surface area contributed by atoms with Crippen molar-refractivity contribution in [1.82, 2.24) is 19.8 Å². The highest BCUT2D eigenvalue weighted by Gasteiger charge is 2.30. The monoisotopic (exact) mass is 507 g/mol. The summed E-state index contributed by atoms with van der Waals surface area (Å²) in [6.07, 6.45) is 7.66. The average molecular weight is 508 g/mol. The maximum absolute atomic E-state index is 12.6. The van der Waals surface area contributed by atoms with Crippen molar-refractivity contribution < 1.29 is 9.53 Å². The molecule has 1 aliphatic carbocycles. The van der Waals surface area contributed by atoms with Crippen molar-refractivity contribution in [1.29, 1.82) is 5.41 Å². The molecule has 1 amide bonds. The van der Waals surface area contributed by atoms with Crippen LogP contribution >= 0.6 is 11.3 Å². The Kier molecular flexibility index (Phi) is 7.06. The first-order chi connectivity index (χ1) is 17.4. The molecule has 0 radical (unpaired) electrons. The van der Waals surface area contributed by atoms with Crippen molar-refractivity contribution >= 4 is 50.9 Å². The standard InChI is InChI=1S/C26H33N7O2S/c1-32(2)26(34)16-5-6-18-22(12-16)36-25-23(18)24(29-15-30-25)31-20-11-17(14-27)19(28)13-21(20)35-10-9-33-7-3-4-8-33/h11,13-16,27H,3-10,12,28H2,1-2H3,(H,29,30,31)/t16-/m0/s1. The van der Waals surface area contributed by atoms with Gasteiger partial charge in [-0.2, -0.15) is 0 Å². The summed E-state index contributed by atoms with van der Waals surface area (Å²) in [5.74, 6) is 1.54. The number of rotatable bonds is 8. The van der Waals surface area contributed by atoms with Crippen LogP contribution in [0.3, 0.4) is 0 Å². The molecule has 0 unspecified atom stereocenters.